The van der Waals surface area contributed by atoms with Gasteiger partial charge in [0.1, 0.15) is 24.1 Å². The van der Waals surface area contributed by atoms with Crippen LogP contribution >= 0.6 is 0 Å². The number of carboxylic acid groups (broad SMARTS) is 1. The number of aliphatic hydroxyl groups is 1. The summed E-state index contributed by atoms with van der Waals surface area (Å²) in [6, 6.07) is 7.96. The van der Waals surface area contributed by atoms with Gasteiger partial charge in [0.25, 0.3) is 0 Å². The van der Waals surface area contributed by atoms with Crippen molar-refractivity contribution >= 4 is 17.8 Å². The summed E-state index contributed by atoms with van der Waals surface area (Å²) in [4.78, 5) is 26.8. The van der Waals surface area contributed by atoms with Crippen LogP contribution in [0, 0.1) is 24.1 Å². The van der Waals surface area contributed by atoms with E-state index < -0.39 is 30.1 Å². The fraction of sp³-hybridized carbons (Fsp3) is 0.304. The molecule has 0 saturated carbocycles. The molecule has 1 atom stereocenters. The maximum atomic E-state index is 13.4. The molecule has 0 bridgehead atoms. The number of rotatable bonds is 8. The van der Waals surface area contributed by atoms with E-state index in [9.17, 15) is 24.3 Å². The van der Waals surface area contributed by atoms with Crippen LogP contribution in [0.2, 0.25) is 0 Å². The third kappa shape index (κ3) is 5.58. The average Bonchev–Trinajstić information content (AvgIpc) is 2.65. The Balaban J connectivity index is 2.57. The minimum atomic E-state index is -1.25. The number of aliphatic carboxylic acids is 1. The van der Waals surface area contributed by atoms with Gasteiger partial charge < -0.3 is 10.2 Å². The summed E-state index contributed by atoms with van der Waals surface area (Å²) < 4.78 is 13.4. The topological polar surface area (TPSA) is 111 Å². The Labute approximate surface area is 174 Å². The van der Waals surface area contributed by atoms with Crippen LogP contribution in [0.3, 0.4) is 0 Å². The van der Waals surface area contributed by atoms with Crippen molar-refractivity contribution < 1.29 is 24.2 Å². The molecular formula is C23H23FN2O4. The van der Waals surface area contributed by atoms with E-state index in [1.54, 1.807) is 25.1 Å². The summed E-state index contributed by atoms with van der Waals surface area (Å²) in [6.45, 7) is 5.58. The smallest absolute Gasteiger partial charge is 0.310 e. The molecule has 1 aromatic carbocycles. The van der Waals surface area contributed by atoms with E-state index in [1.807, 2.05) is 13.8 Å². The highest BCUT2D eigenvalue weighted by atomic mass is 19.1. The number of aliphatic hydroxyl groups excluding tert-OH is 1. The summed E-state index contributed by atoms with van der Waals surface area (Å²) >= 11 is 0. The molecule has 2 aromatic rings. The van der Waals surface area contributed by atoms with Crippen LogP contribution in [0.15, 0.2) is 30.3 Å². The van der Waals surface area contributed by atoms with E-state index in [4.69, 9.17) is 5.11 Å². The summed E-state index contributed by atoms with van der Waals surface area (Å²) in [5, 5.41) is 28.5. The van der Waals surface area contributed by atoms with Gasteiger partial charge in [0.2, 0.25) is 0 Å². The molecule has 0 aliphatic heterocycles. The molecule has 0 spiro atoms. The lowest BCUT2D eigenvalue weighted by Gasteiger charge is -2.18. The number of benzene rings is 1. The Kier molecular flexibility index (Phi) is 7.56. The Morgan fingerprint density at radius 2 is 1.90 bits per heavy atom. The van der Waals surface area contributed by atoms with Crippen LogP contribution in [-0.2, 0) is 9.59 Å². The van der Waals surface area contributed by atoms with E-state index in [2.05, 4.69) is 11.1 Å². The zero-order valence-electron chi connectivity index (χ0n) is 17.0. The predicted molar refractivity (Wildman–Crippen MR) is 110 cm³/mol. The van der Waals surface area contributed by atoms with Gasteiger partial charge in [0.15, 0.2) is 0 Å². The van der Waals surface area contributed by atoms with Crippen LogP contribution < -0.4 is 0 Å². The van der Waals surface area contributed by atoms with Gasteiger partial charge >= 0.3 is 5.97 Å². The number of ketones is 1. The molecule has 1 heterocycles. The van der Waals surface area contributed by atoms with Gasteiger partial charge in [-0.15, -0.1) is 0 Å². The number of nitriles is 1. The summed E-state index contributed by atoms with van der Waals surface area (Å²) in [5.74, 6) is -2.29. The zero-order valence-corrected chi connectivity index (χ0v) is 17.0. The second-order valence-electron chi connectivity index (χ2n) is 7.26. The summed E-state index contributed by atoms with van der Waals surface area (Å²) in [5.41, 5.74) is 3.44. The number of pyridine rings is 1. The van der Waals surface area contributed by atoms with Gasteiger partial charge in [0, 0.05) is 17.5 Å². The first-order valence-corrected chi connectivity index (χ1v) is 9.44. The molecule has 30 heavy (non-hydrogen) atoms. The number of carbonyl (C=O) groups is 2. The molecule has 0 aliphatic rings. The van der Waals surface area contributed by atoms with E-state index in [0.29, 0.717) is 28.1 Å². The lowest BCUT2D eigenvalue weighted by atomic mass is 9.88. The average molecular weight is 410 g/mol. The quantitative estimate of drug-likeness (QED) is 0.636. The minimum Gasteiger partial charge on any atom is -0.481 e. The highest BCUT2D eigenvalue weighted by Gasteiger charge is 2.20. The van der Waals surface area contributed by atoms with Crippen molar-refractivity contribution in [1.29, 1.82) is 5.26 Å². The monoisotopic (exact) mass is 410 g/mol. The van der Waals surface area contributed by atoms with Crippen molar-refractivity contribution in [1.82, 2.24) is 4.98 Å². The summed E-state index contributed by atoms with van der Waals surface area (Å²) in [7, 11) is 0. The maximum absolute atomic E-state index is 13.4. The third-order valence-corrected chi connectivity index (χ3v) is 4.53. The van der Waals surface area contributed by atoms with Crippen LogP contribution in [0.1, 0.15) is 55.0 Å². The Morgan fingerprint density at radius 3 is 2.43 bits per heavy atom. The van der Waals surface area contributed by atoms with E-state index in [0.717, 1.165) is 5.56 Å². The number of aryl methyl sites for hydroxylation is 1. The molecule has 2 rings (SSSR count). The van der Waals surface area contributed by atoms with Gasteiger partial charge in [-0.3, -0.25) is 14.6 Å². The third-order valence-electron chi connectivity index (χ3n) is 4.53. The molecule has 2 N–H and O–H groups in total. The highest BCUT2D eigenvalue weighted by molar-refractivity contribution is 5.95. The lowest BCUT2D eigenvalue weighted by molar-refractivity contribution is -0.140. The molecule has 0 amide bonds. The van der Waals surface area contributed by atoms with Crippen molar-refractivity contribution in [2.75, 3.05) is 0 Å². The first-order valence-electron chi connectivity index (χ1n) is 9.44. The molecule has 1 aromatic heterocycles. The SMILES string of the molecule is Cc1nc(-c2ccc(F)cc2)c(/C=C/C(O)CC(=O)CC(=O)O)c(C(C)C)c1C#N. The fourth-order valence-corrected chi connectivity index (χ4v) is 3.23. The molecule has 0 fully saturated rings. The van der Waals surface area contributed by atoms with Gasteiger partial charge in [0.05, 0.1) is 23.1 Å². The molecule has 7 heteroatoms. The van der Waals surface area contributed by atoms with E-state index >= 15 is 0 Å². The number of nitrogens with zero attached hydrogens (tertiary/aromatic N) is 2. The predicted octanol–water partition coefficient (Wildman–Crippen LogP) is 4.00. The molecule has 0 aliphatic carbocycles. The van der Waals surface area contributed by atoms with Crippen LogP contribution in [0.5, 0.6) is 0 Å². The first kappa shape index (κ1) is 22.9. The molecule has 156 valence electrons. The summed E-state index contributed by atoms with van der Waals surface area (Å²) in [6.07, 6.45) is 0.778. The Bertz CT molecular complexity index is 1020. The number of Topliss-reactive ketones (excluding diaryl/α,β-unsaturated/α-hetero) is 1. The minimum absolute atomic E-state index is 0.0500. The second kappa shape index (κ2) is 9.90. The second-order valence-corrected chi connectivity index (χ2v) is 7.26. The Morgan fingerprint density at radius 1 is 1.27 bits per heavy atom. The number of carbonyl (C=O) groups excluding carboxylic acids is 1. The fourth-order valence-electron chi connectivity index (χ4n) is 3.23. The van der Waals surface area contributed by atoms with Gasteiger partial charge in [-0.1, -0.05) is 26.0 Å². The molecule has 1 unspecified atom stereocenters. The van der Waals surface area contributed by atoms with Crippen LogP contribution in [0.25, 0.3) is 17.3 Å². The van der Waals surface area contributed by atoms with Crippen LogP contribution in [-0.4, -0.2) is 33.1 Å². The molecular weight excluding hydrogens is 387 g/mol. The molecule has 0 saturated heterocycles. The normalized spacial score (nSPS) is 12.2. The largest absolute Gasteiger partial charge is 0.481 e. The van der Waals surface area contributed by atoms with Crippen molar-refractivity contribution in [3.8, 4) is 17.3 Å². The maximum Gasteiger partial charge on any atom is 0.310 e. The number of hydrogen-bond acceptors (Lipinski definition) is 5. The van der Waals surface area contributed by atoms with Gasteiger partial charge in [-0.05, 0) is 42.7 Å². The zero-order chi connectivity index (χ0) is 22.4. The van der Waals surface area contributed by atoms with Crippen molar-refractivity contribution in [3.63, 3.8) is 0 Å². The van der Waals surface area contributed by atoms with Gasteiger partial charge in [-0.25, -0.2) is 4.39 Å². The Hall–Kier alpha value is -3.37. The van der Waals surface area contributed by atoms with E-state index in [1.165, 1.54) is 18.2 Å². The first-order chi connectivity index (χ1) is 14.1. The van der Waals surface area contributed by atoms with Gasteiger partial charge in [-0.2, -0.15) is 5.26 Å². The highest BCUT2D eigenvalue weighted by Crippen LogP contribution is 2.34. The number of aromatic nitrogens is 1. The van der Waals surface area contributed by atoms with Crippen LogP contribution in [0.4, 0.5) is 4.39 Å². The molecule has 6 nitrogen and oxygen atoms in total. The standard InChI is InChI=1S/C23H23FN2O4/c1-13(2)22-19(9-8-17(27)10-18(28)11-21(29)30)23(26-14(3)20(22)12-25)15-4-6-16(24)7-5-15/h4-9,13,17,27H,10-11H2,1-3H3,(H,29,30)/b9-8+. The van der Waals surface area contributed by atoms with Crippen molar-refractivity contribution in [2.24, 2.45) is 0 Å². The van der Waals surface area contributed by atoms with E-state index in [-0.39, 0.29) is 12.3 Å². The molecule has 0 radical (unpaired) electrons. The van der Waals surface area contributed by atoms with Crippen molar-refractivity contribution in [2.45, 2.75) is 45.6 Å². The number of halogens is 1. The number of hydrogen-bond donors (Lipinski definition) is 2. The number of carboxylic acids is 1. The lowest BCUT2D eigenvalue weighted by Crippen LogP contribution is -2.14. The van der Waals surface area contributed by atoms with Crippen molar-refractivity contribution in [3.05, 3.63) is 58.5 Å².